The molecule has 0 saturated carbocycles. The lowest BCUT2D eigenvalue weighted by Gasteiger charge is -2.15. The van der Waals surface area contributed by atoms with Crippen molar-refractivity contribution in [2.24, 2.45) is 0 Å². The monoisotopic (exact) mass is 330 g/mol. The molecule has 3 atom stereocenters. The Bertz CT molecular complexity index is 913. The van der Waals surface area contributed by atoms with Gasteiger partial charge in [0.15, 0.2) is 5.82 Å². The van der Waals surface area contributed by atoms with Gasteiger partial charge in [0.05, 0.1) is 12.7 Å². The summed E-state index contributed by atoms with van der Waals surface area (Å²) in [6, 6.07) is 1.51. The molecule has 0 aliphatic carbocycles. The second kappa shape index (κ2) is 6.37. The van der Waals surface area contributed by atoms with Crippen LogP contribution in [0, 0.1) is 12.3 Å². The lowest BCUT2D eigenvalue weighted by molar-refractivity contribution is -0.0458. The highest BCUT2D eigenvalue weighted by atomic mass is 16.5. The van der Waals surface area contributed by atoms with Crippen LogP contribution < -0.4 is 11.2 Å². The Labute approximate surface area is 135 Å². The highest BCUT2D eigenvalue weighted by molar-refractivity contribution is 5.52. The summed E-state index contributed by atoms with van der Waals surface area (Å²) in [5.74, 6) is 2.41. The molecular formula is C15H14N4O5. The summed E-state index contributed by atoms with van der Waals surface area (Å²) in [7, 11) is 0. The lowest BCUT2D eigenvalue weighted by Crippen LogP contribution is -2.33. The third-order valence-electron chi connectivity index (χ3n) is 3.71. The first-order valence-corrected chi connectivity index (χ1v) is 7.13. The van der Waals surface area contributed by atoms with E-state index >= 15 is 0 Å². The number of ether oxygens (including phenoxy) is 1. The summed E-state index contributed by atoms with van der Waals surface area (Å²) in [4.78, 5) is 34.3. The van der Waals surface area contributed by atoms with Gasteiger partial charge >= 0.3 is 5.69 Å². The molecule has 1 aliphatic rings. The maximum absolute atomic E-state index is 12.1. The second-order valence-corrected chi connectivity index (χ2v) is 5.23. The molecule has 3 rings (SSSR count). The molecule has 2 aromatic rings. The maximum Gasteiger partial charge on any atom is 0.330 e. The van der Waals surface area contributed by atoms with E-state index in [1.54, 1.807) is 0 Å². The smallest absolute Gasteiger partial charge is 0.330 e. The summed E-state index contributed by atoms with van der Waals surface area (Å²) in [5, 5.41) is 18.9. The highest BCUT2D eigenvalue weighted by Gasteiger charge is 2.35. The fourth-order valence-corrected chi connectivity index (χ4v) is 2.48. The number of hydrogen-bond acceptors (Lipinski definition) is 7. The number of aliphatic hydroxyl groups is 2. The molecule has 1 saturated heterocycles. The molecular weight excluding hydrogens is 316 g/mol. The van der Waals surface area contributed by atoms with Crippen molar-refractivity contribution in [2.75, 3.05) is 6.61 Å². The number of nitrogens with one attached hydrogen (secondary N) is 1. The molecule has 3 heterocycles. The molecule has 0 bridgehead atoms. The fraction of sp³-hybridized carbons (Fsp3) is 0.333. The number of hydrogen-bond donors (Lipinski definition) is 3. The van der Waals surface area contributed by atoms with Crippen molar-refractivity contribution < 1.29 is 14.9 Å². The van der Waals surface area contributed by atoms with E-state index in [1.807, 2.05) is 0 Å². The average Bonchev–Trinajstić information content (AvgIpc) is 2.95. The predicted octanol–water partition coefficient (Wildman–Crippen LogP) is -1.38. The number of H-pyrrole nitrogens is 1. The highest BCUT2D eigenvalue weighted by Crippen LogP contribution is 2.27. The van der Waals surface area contributed by atoms with Crippen LogP contribution >= 0.6 is 0 Å². The summed E-state index contributed by atoms with van der Waals surface area (Å²) >= 11 is 0. The van der Waals surface area contributed by atoms with Crippen molar-refractivity contribution in [1.82, 2.24) is 19.5 Å². The Morgan fingerprint density at radius 3 is 2.96 bits per heavy atom. The number of rotatable bonds is 3. The standard InChI is InChI=1S/C15H14N4O5/c1-2-8-3-4-16-13(17-8)9-6-19(15(23)18-14(9)22)12-5-10(21)11(7-20)24-12/h1,3-4,6,10-12,20-21H,5,7H2,(H,18,22,23)/t10-,11+,12+/m0/s1. The molecule has 24 heavy (non-hydrogen) atoms. The Balaban J connectivity index is 2.06. The average molecular weight is 330 g/mol. The van der Waals surface area contributed by atoms with E-state index in [0.29, 0.717) is 5.69 Å². The summed E-state index contributed by atoms with van der Waals surface area (Å²) < 4.78 is 6.56. The molecule has 2 aromatic heterocycles. The Hall–Kier alpha value is -2.80. The number of terminal acetylenes is 1. The molecule has 0 unspecified atom stereocenters. The maximum atomic E-state index is 12.1. The minimum atomic E-state index is -0.914. The molecule has 9 heteroatoms. The summed E-state index contributed by atoms with van der Waals surface area (Å²) in [6.45, 7) is -0.379. The topological polar surface area (TPSA) is 130 Å². The molecule has 0 spiro atoms. The van der Waals surface area contributed by atoms with Gasteiger partial charge in [-0.1, -0.05) is 5.92 Å². The van der Waals surface area contributed by atoms with Crippen molar-refractivity contribution in [3.63, 3.8) is 0 Å². The number of nitrogens with zero attached hydrogens (tertiary/aromatic N) is 3. The molecule has 9 nitrogen and oxygen atoms in total. The van der Waals surface area contributed by atoms with Crippen LogP contribution in [0.1, 0.15) is 18.3 Å². The molecule has 0 aromatic carbocycles. The van der Waals surface area contributed by atoms with Gasteiger partial charge in [0.2, 0.25) is 0 Å². The van der Waals surface area contributed by atoms with Gasteiger partial charge in [-0.25, -0.2) is 14.8 Å². The van der Waals surface area contributed by atoms with Crippen LogP contribution in [0.4, 0.5) is 0 Å². The van der Waals surface area contributed by atoms with E-state index in [0.717, 1.165) is 4.57 Å². The second-order valence-electron chi connectivity index (χ2n) is 5.23. The van der Waals surface area contributed by atoms with Crippen molar-refractivity contribution in [1.29, 1.82) is 0 Å². The third-order valence-corrected chi connectivity index (χ3v) is 3.71. The largest absolute Gasteiger partial charge is 0.394 e. The lowest BCUT2D eigenvalue weighted by atomic mass is 10.2. The zero-order valence-corrected chi connectivity index (χ0v) is 12.4. The molecule has 1 aliphatic heterocycles. The molecule has 124 valence electrons. The Morgan fingerprint density at radius 2 is 2.29 bits per heavy atom. The van der Waals surface area contributed by atoms with E-state index in [9.17, 15) is 14.7 Å². The van der Waals surface area contributed by atoms with Crippen LogP contribution in [-0.4, -0.2) is 48.5 Å². The van der Waals surface area contributed by atoms with Gasteiger partial charge in [-0.15, -0.1) is 6.42 Å². The number of aliphatic hydroxyl groups excluding tert-OH is 2. The fourth-order valence-electron chi connectivity index (χ4n) is 2.48. The normalized spacial score (nSPS) is 23.1. The van der Waals surface area contributed by atoms with Crippen LogP contribution in [0.15, 0.2) is 28.0 Å². The van der Waals surface area contributed by atoms with Crippen molar-refractivity contribution >= 4 is 0 Å². The molecule has 0 amide bonds. The van der Waals surface area contributed by atoms with Crippen LogP contribution in [0.3, 0.4) is 0 Å². The first-order valence-electron chi connectivity index (χ1n) is 7.13. The van der Waals surface area contributed by atoms with Gasteiger partial charge in [0.1, 0.15) is 23.6 Å². The van der Waals surface area contributed by atoms with Gasteiger partial charge in [0, 0.05) is 18.8 Å². The van der Waals surface area contributed by atoms with Crippen LogP contribution in [0.2, 0.25) is 0 Å². The van der Waals surface area contributed by atoms with Gasteiger partial charge in [-0.2, -0.15) is 0 Å². The van der Waals surface area contributed by atoms with Gasteiger partial charge in [0.25, 0.3) is 5.56 Å². The quantitative estimate of drug-likeness (QED) is 0.591. The van der Waals surface area contributed by atoms with E-state index < -0.39 is 29.7 Å². The first-order chi connectivity index (χ1) is 11.5. The Kier molecular flexibility index (Phi) is 4.26. The summed E-state index contributed by atoms with van der Waals surface area (Å²) in [6.07, 6.45) is 5.52. The van der Waals surface area contributed by atoms with E-state index in [2.05, 4.69) is 20.9 Å². The zero-order valence-electron chi connectivity index (χ0n) is 12.4. The minimum Gasteiger partial charge on any atom is -0.394 e. The van der Waals surface area contributed by atoms with Crippen molar-refractivity contribution in [3.8, 4) is 23.7 Å². The predicted molar refractivity (Wildman–Crippen MR) is 81.9 cm³/mol. The van der Waals surface area contributed by atoms with E-state index in [1.165, 1.54) is 18.5 Å². The SMILES string of the molecule is C#Cc1ccnc(-c2cn([C@H]3C[C@H](O)[C@@H](CO)O3)c(=O)[nH]c2=O)n1. The van der Waals surface area contributed by atoms with Crippen LogP contribution in [-0.2, 0) is 4.74 Å². The van der Waals surface area contributed by atoms with Crippen LogP contribution in [0.5, 0.6) is 0 Å². The van der Waals surface area contributed by atoms with Gasteiger partial charge < -0.3 is 14.9 Å². The van der Waals surface area contributed by atoms with Gasteiger partial charge in [-0.05, 0) is 6.07 Å². The zero-order chi connectivity index (χ0) is 17.3. The Morgan fingerprint density at radius 1 is 1.50 bits per heavy atom. The third kappa shape index (κ3) is 2.85. The number of aromatic nitrogens is 4. The first kappa shape index (κ1) is 16.1. The van der Waals surface area contributed by atoms with Crippen molar-refractivity contribution in [2.45, 2.75) is 24.9 Å². The molecule has 3 N–H and O–H groups in total. The van der Waals surface area contributed by atoms with Gasteiger partial charge in [-0.3, -0.25) is 14.3 Å². The molecule has 0 radical (unpaired) electrons. The minimum absolute atomic E-state index is 0.0391. The summed E-state index contributed by atoms with van der Waals surface area (Å²) in [5.41, 5.74) is -1.03. The van der Waals surface area contributed by atoms with E-state index in [-0.39, 0.29) is 24.4 Å². The van der Waals surface area contributed by atoms with E-state index in [4.69, 9.17) is 16.3 Å². The number of aromatic amines is 1. The van der Waals surface area contributed by atoms with Crippen molar-refractivity contribution in [3.05, 3.63) is 45.0 Å². The molecule has 1 fully saturated rings. The van der Waals surface area contributed by atoms with Crippen LogP contribution in [0.25, 0.3) is 11.4 Å².